The van der Waals surface area contributed by atoms with Crippen LogP contribution in [0.2, 0.25) is 5.02 Å². The highest BCUT2D eigenvalue weighted by atomic mass is 35.5. The largest absolute Gasteiger partial charge is 0.395 e. The van der Waals surface area contributed by atoms with E-state index in [0.717, 1.165) is 13.8 Å². The molecule has 2 atom stereocenters. The maximum Gasteiger partial charge on any atom is 0.395 e. The van der Waals surface area contributed by atoms with Crippen LogP contribution in [-0.4, -0.2) is 43.9 Å². The number of benzene rings is 2. The lowest BCUT2D eigenvalue weighted by Gasteiger charge is -2.28. The van der Waals surface area contributed by atoms with Crippen LogP contribution in [0.15, 0.2) is 59.8 Å². The lowest BCUT2D eigenvalue weighted by atomic mass is 9.92. The van der Waals surface area contributed by atoms with Crippen LogP contribution >= 0.6 is 11.6 Å². The Balaban J connectivity index is 1.66. The number of hydrogen-bond acceptors (Lipinski definition) is 7. The van der Waals surface area contributed by atoms with Crippen molar-refractivity contribution in [2.24, 2.45) is 12.5 Å². The predicted octanol–water partition coefficient (Wildman–Crippen LogP) is 6.94. The summed E-state index contributed by atoms with van der Waals surface area (Å²) in [6.07, 6.45) is 0.0133. The first-order valence-electron chi connectivity index (χ1n) is 13.9. The molecular formula is C31H29ClF4N8O. The fourth-order valence-corrected chi connectivity index (χ4v) is 5.13. The molecule has 5 rings (SSSR count). The average Bonchev–Trinajstić information content (AvgIpc) is 3.49. The number of aromatic nitrogens is 5. The minimum Gasteiger partial charge on any atom is -0.382 e. The summed E-state index contributed by atoms with van der Waals surface area (Å²) >= 11 is 6.65. The second-order valence-corrected chi connectivity index (χ2v) is 11.9. The van der Waals surface area contributed by atoms with Crippen LogP contribution in [0.25, 0.3) is 21.7 Å². The lowest BCUT2D eigenvalue weighted by Crippen LogP contribution is -2.38. The van der Waals surface area contributed by atoms with Crippen LogP contribution in [0.4, 0.5) is 28.9 Å². The van der Waals surface area contributed by atoms with Crippen molar-refractivity contribution in [2.75, 3.05) is 23.9 Å². The molecule has 0 fully saturated rings. The third-order valence-corrected chi connectivity index (χ3v) is 8.08. The van der Waals surface area contributed by atoms with E-state index in [-0.39, 0.29) is 27.3 Å². The fourth-order valence-electron chi connectivity index (χ4n) is 4.87. The van der Waals surface area contributed by atoms with Gasteiger partial charge in [0, 0.05) is 42.4 Å². The molecule has 0 bridgehead atoms. The molecule has 3 heterocycles. The topological polar surface area (TPSA) is 113 Å². The van der Waals surface area contributed by atoms with E-state index in [2.05, 4.69) is 25.9 Å². The smallest absolute Gasteiger partial charge is 0.382 e. The van der Waals surface area contributed by atoms with Crippen molar-refractivity contribution < 1.29 is 17.6 Å². The van der Waals surface area contributed by atoms with Crippen molar-refractivity contribution in [2.45, 2.75) is 39.0 Å². The van der Waals surface area contributed by atoms with Crippen LogP contribution in [0.5, 0.6) is 0 Å². The van der Waals surface area contributed by atoms with Gasteiger partial charge in [-0.25, -0.2) is 9.07 Å². The van der Waals surface area contributed by atoms with E-state index >= 15 is 0 Å². The van der Waals surface area contributed by atoms with Gasteiger partial charge in [0.2, 0.25) is 0 Å². The van der Waals surface area contributed by atoms with Crippen molar-refractivity contribution in [3.63, 3.8) is 0 Å². The normalized spacial score (nSPS) is 13.5. The van der Waals surface area contributed by atoms with Gasteiger partial charge in [-0.15, -0.1) is 5.10 Å². The van der Waals surface area contributed by atoms with Gasteiger partial charge in [-0.2, -0.15) is 18.4 Å². The Morgan fingerprint density at radius 2 is 1.89 bits per heavy atom. The Bertz CT molecular complexity index is 2000. The zero-order chi connectivity index (χ0) is 32.7. The minimum atomic E-state index is -4.50. The number of pyridine rings is 2. The van der Waals surface area contributed by atoms with Gasteiger partial charge >= 0.3 is 6.18 Å². The molecule has 45 heavy (non-hydrogen) atoms. The Labute approximate surface area is 260 Å². The van der Waals surface area contributed by atoms with Gasteiger partial charge in [0.15, 0.2) is 0 Å². The van der Waals surface area contributed by atoms with Gasteiger partial charge in [-0.3, -0.25) is 9.78 Å². The first-order chi connectivity index (χ1) is 21.3. The molecule has 0 aliphatic heterocycles. The number of nitrogens with zero attached hydrogens (tertiary/aromatic N) is 6. The van der Waals surface area contributed by atoms with Crippen LogP contribution in [0.1, 0.15) is 49.7 Å². The Hall–Kier alpha value is -4.70. The van der Waals surface area contributed by atoms with Gasteiger partial charge in [-0.1, -0.05) is 28.9 Å². The SMILES string of the molecule is CC(CF)n1cc(C(Nc2cc(Cl)c3ncc(C#N)c(NCC(C)(C)C(F)(F)F)c3c2)c2cccc3c(=O)n(C)ccc23)nn1. The molecule has 2 aromatic carbocycles. The first-order valence-corrected chi connectivity index (χ1v) is 14.3. The number of hydrogen-bond donors (Lipinski definition) is 2. The van der Waals surface area contributed by atoms with Crippen molar-refractivity contribution in [1.82, 2.24) is 24.5 Å². The minimum absolute atomic E-state index is 0.0401. The molecule has 0 radical (unpaired) electrons. The number of fused-ring (bicyclic) bond motifs is 2. The third-order valence-electron chi connectivity index (χ3n) is 7.80. The lowest BCUT2D eigenvalue weighted by molar-refractivity contribution is -0.206. The van der Waals surface area contributed by atoms with Gasteiger partial charge in [0.25, 0.3) is 5.56 Å². The summed E-state index contributed by atoms with van der Waals surface area (Å²) in [4.78, 5) is 17.2. The first kappa shape index (κ1) is 31.7. The summed E-state index contributed by atoms with van der Waals surface area (Å²) in [5.41, 5.74) is -0.346. The maximum absolute atomic E-state index is 13.7. The molecule has 3 aromatic heterocycles. The van der Waals surface area contributed by atoms with E-state index in [9.17, 15) is 27.6 Å². The highest BCUT2D eigenvalue weighted by molar-refractivity contribution is 6.35. The number of halogens is 5. The average molecular weight is 641 g/mol. The van der Waals surface area contributed by atoms with Crippen molar-refractivity contribution in [1.29, 1.82) is 5.26 Å². The molecule has 0 aliphatic rings. The fraction of sp³-hybridized carbons (Fsp3) is 0.323. The van der Waals surface area contributed by atoms with E-state index in [4.69, 9.17) is 11.6 Å². The standard InChI is InChI=1S/C31H29ClF4N8O/c1-17(12-33)44-15-25(41-42-44)28(21-6-5-7-22-20(21)8-9-43(4)29(22)45)40-19-10-23-26(39-16-30(2,3)31(34,35)36)18(13-37)14-38-27(23)24(32)11-19/h5-11,14-15,17,28,40H,12,16H2,1-4H3,(H,38,39). The number of rotatable bonds is 9. The summed E-state index contributed by atoms with van der Waals surface area (Å²) in [5, 5.41) is 26.0. The third kappa shape index (κ3) is 6.02. The second kappa shape index (κ2) is 12.0. The second-order valence-electron chi connectivity index (χ2n) is 11.5. The van der Waals surface area contributed by atoms with Crippen LogP contribution in [0, 0.1) is 16.7 Å². The number of anilines is 2. The van der Waals surface area contributed by atoms with E-state index < -0.39 is 36.9 Å². The van der Waals surface area contributed by atoms with Gasteiger partial charge in [0.05, 0.1) is 45.5 Å². The van der Waals surface area contributed by atoms with Crippen molar-refractivity contribution in [3.8, 4) is 6.07 Å². The Morgan fingerprint density at radius 1 is 1.13 bits per heavy atom. The molecule has 9 nitrogen and oxygen atoms in total. The van der Waals surface area contributed by atoms with E-state index in [0.29, 0.717) is 33.1 Å². The molecule has 2 unspecified atom stereocenters. The molecule has 0 saturated heterocycles. The Morgan fingerprint density at radius 3 is 2.58 bits per heavy atom. The zero-order valence-corrected chi connectivity index (χ0v) is 25.5. The Kier molecular flexibility index (Phi) is 8.46. The molecule has 0 saturated carbocycles. The van der Waals surface area contributed by atoms with E-state index in [1.54, 1.807) is 56.7 Å². The summed E-state index contributed by atoms with van der Waals surface area (Å²) < 4.78 is 57.3. The molecule has 0 amide bonds. The number of nitriles is 1. The van der Waals surface area contributed by atoms with Gasteiger partial charge < -0.3 is 15.2 Å². The number of nitrogens with one attached hydrogen (secondary N) is 2. The van der Waals surface area contributed by atoms with Crippen molar-refractivity contribution >= 4 is 44.7 Å². The zero-order valence-electron chi connectivity index (χ0n) is 24.7. The molecule has 2 N–H and O–H groups in total. The van der Waals surface area contributed by atoms with Crippen LogP contribution in [-0.2, 0) is 7.05 Å². The molecule has 0 aliphatic carbocycles. The molecular weight excluding hydrogens is 612 g/mol. The summed E-state index contributed by atoms with van der Waals surface area (Å²) in [6.45, 7) is 2.60. The van der Waals surface area contributed by atoms with Gasteiger partial charge in [-0.05, 0) is 56.0 Å². The quantitative estimate of drug-likeness (QED) is 0.168. The monoisotopic (exact) mass is 640 g/mol. The summed E-state index contributed by atoms with van der Waals surface area (Å²) in [6, 6.07) is 11.0. The highest BCUT2D eigenvalue weighted by Gasteiger charge is 2.47. The highest BCUT2D eigenvalue weighted by Crippen LogP contribution is 2.40. The van der Waals surface area contributed by atoms with Crippen LogP contribution in [0.3, 0.4) is 0 Å². The maximum atomic E-state index is 13.7. The van der Waals surface area contributed by atoms with Gasteiger partial charge in [0.1, 0.15) is 18.4 Å². The van der Waals surface area contributed by atoms with E-state index in [1.807, 2.05) is 12.1 Å². The van der Waals surface area contributed by atoms with E-state index in [1.165, 1.54) is 15.4 Å². The molecule has 5 aromatic rings. The predicted molar refractivity (Wildman–Crippen MR) is 165 cm³/mol. The van der Waals surface area contributed by atoms with Crippen LogP contribution < -0.4 is 16.2 Å². The molecule has 14 heteroatoms. The molecule has 0 spiro atoms. The summed E-state index contributed by atoms with van der Waals surface area (Å²) in [5.74, 6) is 0. The number of alkyl halides is 4. The van der Waals surface area contributed by atoms with Crippen molar-refractivity contribution in [3.05, 3.63) is 87.2 Å². The molecule has 234 valence electrons. The number of aryl methyl sites for hydroxylation is 1. The summed E-state index contributed by atoms with van der Waals surface area (Å²) in [7, 11) is 1.65.